The first-order chi connectivity index (χ1) is 6.00. The summed E-state index contributed by atoms with van der Waals surface area (Å²) in [6.07, 6.45) is 0. The molecule has 0 atom stereocenters. The van der Waals surface area contributed by atoms with E-state index in [0.29, 0.717) is 0 Å². The van der Waals surface area contributed by atoms with Crippen LogP contribution in [-0.2, 0) is 21.2 Å². The molecule has 0 aliphatic heterocycles. The van der Waals surface area contributed by atoms with Crippen LogP contribution >= 0.6 is 0 Å². The van der Waals surface area contributed by atoms with E-state index in [-0.39, 0.29) is 0 Å². The van der Waals surface area contributed by atoms with E-state index in [1.54, 1.807) is 0 Å². The fraction of sp³-hybridized carbons (Fsp3) is 1.00. The minimum absolute atomic E-state index is 1.00. The summed E-state index contributed by atoms with van der Waals surface area (Å²) in [5.74, 6) is 0. The van der Waals surface area contributed by atoms with Gasteiger partial charge in [-0.25, -0.2) is 0 Å². The van der Waals surface area contributed by atoms with Gasteiger partial charge in [0, 0.05) is 0 Å². The van der Waals surface area contributed by atoms with Crippen molar-refractivity contribution in [2.45, 2.75) is 0 Å². The SMILES string of the molecule is C[N+](C)(C)C.C[N+](C)(C)C.[O]=[Cr](=[O])([O-])[O-]. The molecular formula is C8H24CrN2O4. The van der Waals surface area contributed by atoms with Crippen LogP contribution in [0.3, 0.4) is 0 Å². The van der Waals surface area contributed by atoms with Gasteiger partial charge in [0.05, 0.1) is 56.4 Å². The molecule has 0 radical (unpaired) electrons. The van der Waals surface area contributed by atoms with Crippen molar-refractivity contribution >= 4 is 0 Å². The molecule has 6 nitrogen and oxygen atoms in total. The average molecular weight is 264 g/mol. The molecule has 0 heterocycles. The van der Waals surface area contributed by atoms with E-state index in [1.165, 1.54) is 0 Å². The zero-order valence-corrected chi connectivity index (χ0v) is 12.2. The van der Waals surface area contributed by atoms with Crippen molar-refractivity contribution in [3.8, 4) is 0 Å². The monoisotopic (exact) mass is 264 g/mol. The van der Waals surface area contributed by atoms with Crippen molar-refractivity contribution < 1.29 is 38.5 Å². The van der Waals surface area contributed by atoms with Crippen LogP contribution in [0.2, 0.25) is 0 Å². The standard InChI is InChI=1S/2C4H12N.Cr.4O/c2*1-5(2,3)4;;;;;/h2*1-4H3;;;;;/q2*+1;;;;2*-1. The van der Waals surface area contributed by atoms with Crippen molar-refractivity contribution in [1.29, 1.82) is 0 Å². The van der Waals surface area contributed by atoms with E-state index < -0.39 is 13.6 Å². The van der Waals surface area contributed by atoms with Crippen LogP contribution in [0.1, 0.15) is 0 Å². The predicted octanol–water partition coefficient (Wildman–Crippen LogP) is -1.97. The van der Waals surface area contributed by atoms with E-state index in [9.17, 15) is 0 Å². The zero-order chi connectivity index (χ0) is 13.5. The summed E-state index contributed by atoms with van der Waals surface area (Å²) in [5.41, 5.74) is 0. The summed E-state index contributed by atoms with van der Waals surface area (Å²) in [6, 6.07) is 0. The van der Waals surface area contributed by atoms with Crippen molar-refractivity contribution in [3.05, 3.63) is 0 Å². The second kappa shape index (κ2) is 7.28. The summed E-state index contributed by atoms with van der Waals surface area (Å²) < 4.78 is 36.4. The van der Waals surface area contributed by atoms with Gasteiger partial charge in [0.25, 0.3) is 0 Å². The summed E-state index contributed by atoms with van der Waals surface area (Å²) >= 11 is -5.75. The van der Waals surface area contributed by atoms with Gasteiger partial charge in [0.2, 0.25) is 0 Å². The Morgan fingerprint density at radius 3 is 0.667 bits per heavy atom. The molecule has 15 heavy (non-hydrogen) atoms. The van der Waals surface area contributed by atoms with Crippen molar-refractivity contribution in [2.75, 3.05) is 56.4 Å². The van der Waals surface area contributed by atoms with Gasteiger partial charge in [-0.1, -0.05) is 0 Å². The van der Waals surface area contributed by atoms with Gasteiger partial charge in [0.1, 0.15) is 0 Å². The summed E-state index contributed by atoms with van der Waals surface area (Å²) in [4.78, 5) is 0. The van der Waals surface area contributed by atoms with E-state index in [2.05, 4.69) is 56.4 Å². The van der Waals surface area contributed by atoms with Crippen molar-refractivity contribution in [3.63, 3.8) is 0 Å². The molecule has 0 amide bonds. The molecule has 96 valence electrons. The van der Waals surface area contributed by atoms with Crippen molar-refractivity contribution in [1.82, 2.24) is 0 Å². The van der Waals surface area contributed by atoms with Crippen LogP contribution in [0.15, 0.2) is 0 Å². The molecule has 0 saturated carbocycles. The van der Waals surface area contributed by atoms with Gasteiger partial charge in [-0.3, -0.25) is 0 Å². The first-order valence-electron chi connectivity index (χ1n) is 4.24. The van der Waals surface area contributed by atoms with Crippen LogP contribution in [0.25, 0.3) is 0 Å². The fourth-order valence-corrected chi connectivity index (χ4v) is 0. The Bertz CT molecular complexity index is 204. The maximum atomic E-state index is 8.59. The molecule has 0 aromatic heterocycles. The third kappa shape index (κ3) is 2640000. The van der Waals surface area contributed by atoms with Gasteiger partial charge in [-0.05, 0) is 0 Å². The number of nitrogens with zero attached hydrogens (tertiary/aromatic N) is 2. The quantitative estimate of drug-likeness (QED) is 0.475. The molecule has 7 heteroatoms. The Labute approximate surface area is 95.3 Å². The Balaban J connectivity index is -0.000000144. The maximum absolute atomic E-state index is 8.59. The topological polar surface area (TPSA) is 80.3 Å². The first-order valence-corrected chi connectivity index (χ1v) is 6.33. The van der Waals surface area contributed by atoms with Gasteiger partial charge in [0.15, 0.2) is 0 Å². The predicted molar refractivity (Wildman–Crippen MR) is 49.3 cm³/mol. The molecule has 0 rings (SSSR count). The second-order valence-electron chi connectivity index (χ2n) is 5.77. The number of quaternary nitrogens is 2. The molecule has 0 unspecified atom stereocenters. The summed E-state index contributed by atoms with van der Waals surface area (Å²) in [7, 11) is 17.0. The summed E-state index contributed by atoms with van der Waals surface area (Å²) in [6.45, 7) is 0. The Kier molecular flexibility index (Phi) is 9.90. The molecule has 0 fully saturated rings. The van der Waals surface area contributed by atoms with Gasteiger partial charge in [-0.2, -0.15) is 0 Å². The Hall–Kier alpha value is -0.0275. The van der Waals surface area contributed by atoms with Crippen LogP contribution < -0.4 is 8.32 Å². The van der Waals surface area contributed by atoms with E-state index >= 15 is 0 Å². The third-order valence-electron chi connectivity index (χ3n) is 0. The number of hydrogen-bond acceptors (Lipinski definition) is 4. The minimum atomic E-state index is -5.75. The molecule has 0 bridgehead atoms. The van der Waals surface area contributed by atoms with Gasteiger partial charge in [-0.15, -0.1) is 0 Å². The van der Waals surface area contributed by atoms with E-state index in [0.717, 1.165) is 8.97 Å². The number of hydrogen-bond donors (Lipinski definition) is 0. The van der Waals surface area contributed by atoms with E-state index in [1.807, 2.05) is 0 Å². The van der Waals surface area contributed by atoms with Crippen LogP contribution in [0.4, 0.5) is 0 Å². The Morgan fingerprint density at radius 2 is 0.667 bits per heavy atom. The molecule has 0 aromatic carbocycles. The molecule has 0 spiro atoms. The molecule has 0 aliphatic carbocycles. The Morgan fingerprint density at radius 1 is 0.667 bits per heavy atom. The third-order valence-corrected chi connectivity index (χ3v) is 0. The molecule has 0 aliphatic rings. The average Bonchev–Trinajstić information content (AvgIpc) is 1.41. The van der Waals surface area contributed by atoms with Crippen LogP contribution in [0, 0.1) is 0 Å². The van der Waals surface area contributed by atoms with Gasteiger partial charge >= 0.3 is 29.5 Å². The molecule has 0 saturated heterocycles. The van der Waals surface area contributed by atoms with Crippen LogP contribution in [0.5, 0.6) is 0 Å². The fourth-order valence-electron chi connectivity index (χ4n) is 0. The first kappa shape index (κ1) is 20.4. The van der Waals surface area contributed by atoms with Gasteiger partial charge < -0.3 is 8.97 Å². The zero-order valence-electron chi connectivity index (χ0n) is 10.9. The van der Waals surface area contributed by atoms with Crippen LogP contribution in [-0.4, -0.2) is 65.3 Å². The number of rotatable bonds is 0. The summed E-state index contributed by atoms with van der Waals surface area (Å²) in [5, 5.41) is 0. The molecule has 0 aromatic rings. The van der Waals surface area contributed by atoms with E-state index in [4.69, 9.17) is 15.9 Å². The molecule has 0 N–H and O–H groups in total. The molecular weight excluding hydrogens is 240 g/mol. The van der Waals surface area contributed by atoms with Crippen molar-refractivity contribution in [2.24, 2.45) is 0 Å². The normalized spacial score (nSPS) is 11.9. The second-order valence-corrected chi connectivity index (χ2v) is 7.05.